The van der Waals surface area contributed by atoms with Crippen LogP contribution in [0.15, 0.2) is 29.6 Å². The lowest BCUT2D eigenvalue weighted by Crippen LogP contribution is -1.71. The fourth-order valence-corrected chi connectivity index (χ4v) is 1.11. The van der Waals surface area contributed by atoms with Crippen LogP contribution in [0.2, 0.25) is 0 Å². The molecule has 0 aliphatic heterocycles. The molecule has 0 aromatic carbocycles. The van der Waals surface area contributed by atoms with Crippen LogP contribution in [0.1, 0.15) is 18.2 Å². The van der Waals surface area contributed by atoms with Crippen LogP contribution < -0.4 is 0 Å². The molecule has 1 aliphatic carbocycles. The number of aromatic nitrogens is 1. The predicted molar refractivity (Wildman–Crippen MR) is 47.0 cm³/mol. The number of allylic oxidation sites excluding steroid dienone is 2. The highest BCUT2D eigenvalue weighted by Gasteiger charge is 1.97. The highest BCUT2D eigenvalue weighted by molar-refractivity contribution is 5.66. The maximum Gasteiger partial charge on any atom is 0.0460 e. The van der Waals surface area contributed by atoms with Crippen molar-refractivity contribution in [1.82, 2.24) is 4.98 Å². The summed E-state index contributed by atoms with van der Waals surface area (Å²) in [5.74, 6) is 0. The maximum atomic E-state index is 3.17. The Hall–Kier alpha value is -1.46. The minimum absolute atomic E-state index is 1.16. The third-order valence-corrected chi connectivity index (χ3v) is 1.77. The molecule has 0 spiro atoms. The van der Waals surface area contributed by atoms with Gasteiger partial charge < -0.3 is 4.98 Å². The van der Waals surface area contributed by atoms with Crippen LogP contribution in [-0.4, -0.2) is 4.98 Å². The lowest BCUT2D eigenvalue weighted by molar-refractivity contribution is 1.37. The van der Waals surface area contributed by atoms with Crippen LogP contribution in [0, 0.1) is 0 Å². The molecule has 0 unspecified atom stereocenters. The molecule has 2 rings (SSSR count). The molecule has 0 saturated carbocycles. The average molecular weight is 143 g/mol. The predicted octanol–water partition coefficient (Wildman–Crippen LogP) is 2.60. The van der Waals surface area contributed by atoms with Crippen molar-refractivity contribution in [3.63, 3.8) is 0 Å². The van der Waals surface area contributed by atoms with Crippen molar-refractivity contribution >= 4 is 12.2 Å². The van der Waals surface area contributed by atoms with Gasteiger partial charge in [0.2, 0.25) is 0 Å². The summed E-state index contributed by atoms with van der Waals surface area (Å²) in [5, 5.41) is 0. The second-order valence-electron chi connectivity index (χ2n) is 2.65. The number of fused-ring (bicyclic) bond motifs is 1. The van der Waals surface area contributed by atoms with Crippen molar-refractivity contribution in [3.8, 4) is 0 Å². The van der Waals surface area contributed by atoms with E-state index in [1.54, 1.807) is 0 Å². The van der Waals surface area contributed by atoms with E-state index >= 15 is 0 Å². The fraction of sp³-hybridized carbons (Fsp3) is 0.100. The Balaban J connectivity index is 2.63. The SMILES string of the molecule is CC1=C=Cc2cc[nH]c2C=C1. The zero-order valence-electron chi connectivity index (χ0n) is 6.39. The standard InChI is InChI=1S/C10H9N/c1-8-2-4-9-6-7-11-10(9)5-3-8/h3-7,11H,1H3. The number of hydrogen-bond donors (Lipinski definition) is 1. The maximum absolute atomic E-state index is 3.17. The first-order valence-corrected chi connectivity index (χ1v) is 3.65. The molecule has 11 heavy (non-hydrogen) atoms. The third-order valence-electron chi connectivity index (χ3n) is 1.77. The molecule has 0 radical (unpaired) electrons. The zero-order valence-corrected chi connectivity index (χ0v) is 6.39. The van der Waals surface area contributed by atoms with Gasteiger partial charge >= 0.3 is 0 Å². The van der Waals surface area contributed by atoms with E-state index in [2.05, 4.69) is 22.9 Å². The van der Waals surface area contributed by atoms with Gasteiger partial charge in [0.25, 0.3) is 0 Å². The van der Waals surface area contributed by atoms with Crippen molar-refractivity contribution in [2.75, 3.05) is 0 Å². The second-order valence-corrected chi connectivity index (χ2v) is 2.65. The van der Waals surface area contributed by atoms with E-state index in [-0.39, 0.29) is 0 Å². The van der Waals surface area contributed by atoms with Crippen LogP contribution in [0.4, 0.5) is 0 Å². The van der Waals surface area contributed by atoms with Gasteiger partial charge in [0.1, 0.15) is 0 Å². The smallest absolute Gasteiger partial charge is 0.0460 e. The van der Waals surface area contributed by atoms with Gasteiger partial charge in [-0.25, -0.2) is 0 Å². The highest BCUT2D eigenvalue weighted by atomic mass is 14.7. The van der Waals surface area contributed by atoms with Crippen molar-refractivity contribution in [2.45, 2.75) is 6.92 Å². The first kappa shape index (κ1) is 6.26. The van der Waals surface area contributed by atoms with E-state index < -0.39 is 0 Å². The molecule has 1 nitrogen and oxygen atoms in total. The van der Waals surface area contributed by atoms with E-state index in [4.69, 9.17) is 0 Å². The molecule has 0 bridgehead atoms. The molecule has 0 atom stereocenters. The summed E-state index contributed by atoms with van der Waals surface area (Å²) in [5.41, 5.74) is 6.70. The quantitative estimate of drug-likeness (QED) is 0.537. The van der Waals surface area contributed by atoms with Crippen LogP contribution in [-0.2, 0) is 0 Å². The topological polar surface area (TPSA) is 15.8 Å². The molecule has 1 heteroatoms. The first-order valence-electron chi connectivity index (χ1n) is 3.65. The Bertz CT molecular complexity index is 360. The highest BCUT2D eigenvalue weighted by Crippen LogP contribution is 2.14. The van der Waals surface area contributed by atoms with E-state index in [1.807, 2.05) is 25.3 Å². The molecule has 0 saturated heterocycles. The summed E-state index contributed by atoms with van der Waals surface area (Å²) >= 11 is 0. The number of aromatic amines is 1. The summed E-state index contributed by atoms with van der Waals surface area (Å²) in [6, 6.07) is 2.05. The molecule has 1 aromatic rings. The number of hydrogen-bond acceptors (Lipinski definition) is 0. The normalized spacial score (nSPS) is 14.1. The molecule has 0 fully saturated rings. The largest absolute Gasteiger partial charge is 0.361 e. The van der Waals surface area contributed by atoms with Gasteiger partial charge in [0.15, 0.2) is 0 Å². The lowest BCUT2D eigenvalue weighted by atomic mass is 10.2. The van der Waals surface area contributed by atoms with E-state index in [0.717, 1.165) is 11.3 Å². The molecule has 1 aromatic heterocycles. The van der Waals surface area contributed by atoms with Gasteiger partial charge in [-0.3, -0.25) is 0 Å². The third kappa shape index (κ3) is 1.06. The summed E-state index contributed by atoms with van der Waals surface area (Å²) in [7, 11) is 0. The number of H-pyrrole nitrogens is 1. The lowest BCUT2D eigenvalue weighted by Gasteiger charge is -1.86. The minimum atomic E-state index is 1.16. The fourth-order valence-electron chi connectivity index (χ4n) is 1.11. The molecular weight excluding hydrogens is 134 g/mol. The zero-order chi connectivity index (χ0) is 7.68. The second kappa shape index (κ2) is 2.30. The van der Waals surface area contributed by atoms with Gasteiger partial charge in [0.05, 0.1) is 0 Å². The monoisotopic (exact) mass is 143 g/mol. The molecule has 0 amide bonds. The summed E-state index contributed by atoms with van der Waals surface area (Å²) in [6.07, 6.45) is 8.06. The van der Waals surface area contributed by atoms with Gasteiger partial charge in [-0.1, -0.05) is 0 Å². The summed E-state index contributed by atoms with van der Waals surface area (Å²) < 4.78 is 0. The van der Waals surface area contributed by atoms with Crippen molar-refractivity contribution < 1.29 is 0 Å². The Labute approximate surface area is 65.8 Å². The average Bonchev–Trinajstić information content (AvgIpc) is 2.38. The van der Waals surface area contributed by atoms with E-state index in [0.29, 0.717) is 0 Å². The van der Waals surface area contributed by atoms with Crippen molar-refractivity contribution in [1.29, 1.82) is 0 Å². The molecular formula is C10H9N. The Morgan fingerprint density at radius 1 is 1.36 bits per heavy atom. The Morgan fingerprint density at radius 3 is 3.18 bits per heavy atom. The summed E-state index contributed by atoms with van der Waals surface area (Å²) in [4.78, 5) is 3.15. The summed E-state index contributed by atoms with van der Waals surface area (Å²) in [6.45, 7) is 2.04. The van der Waals surface area contributed by atoms with E-state index in [1.165, 1.54) is 5.56 Å². The Kier molecular flexibility index (Phi) is 1.31. The van der Waals surface area contributed by atoms with E-state index in [9.17, 15) is 0 Å². The van der Waals surface area contributed by atoms with Gasteiger partial charge in [-0.2, -0.15) is 0 Å². The van der Waals surface area contributed by atoms with Gasteiger partial charge in [-0.15, -0.1) is 5.73 Å². The van der Waals surface area contributed by atoms with Crippen molar-refractivity contribution in [3.05, 3.63) is 40.9 Å². The van der Waals surface area contributed by atoms with Crippen LogP contribution in [0.25, 0.3) is 12.2 Å². The Morgan fingerprint density at radius 2 is 2.27 bits per heavy atom. The molecule has 1 aliphatic rings. The molecule has 1 heterocycles. The number of nitrogens with one attached hydrogen (secondary N) is 1. The first-order chi connectivity index (χ1) is 5.36. The minimum Gasteiger partial charge on any atom is -0.361 e. The van der Waals surface area contributed by atoms with Crippen molar-refractivity contribution in [2.24, 2.45) is 0 Å². The van der Waals surface area contributed by atoms with Crippen LogP contribution in [0.3, 0.4) is 0 Å². The van der Waals surface area contributed by atoms with Gasteiger partial charge in [-0.05, 0) is 36.8 Å². The molecule has 1 N–H and O–H groups in total. The van der Waals surface area contributed by atoms with Gasteiger partial charge in [0, 0.05) is 17.5 Å². The van der Waals surface area contributed by atoms with Crippen LogP contribution in [0.5, 0.6) is 0 Å². The van der Waals surface area contributed by atoms with Crippen LogP contribution >= 0.6 is 0 Å². The molecule has 54 valence electrons. The number of rotatable bonds is 0.